The number of aromatic nitrogens is 2. The summed E-state index contributed by atoms with van der Waals surface area (Å²) < 4.78 is 0. The number of rotatable bonds is 2. The van der Waals surface area contributed by atoms with Gasteiger partial charge >= 0.3 is 5.82 Å². The average molecular weight is 206 g/mol. The summed E-state index contributed by atoms with van der Waals surface area (Å²) in [5, 5.41) is 10.6. The van der Waals surface area contributed by atoms with Gasteiger partial charge in [0.1, 0.15) is 5.69 Å². The van der Waals surface area contributed by atoms with Crippen molar-refractivity contribution in [2.24, 2.45) is 0 Å². The molecule has 0 spiro atoms. The molecule has 0 aliphatic carbocycles. The van der Waals surface area contributed by atoms with Crippen LogP contribution in [0.1, 0.15) is 5.69 Å². The van der Waals surface area contributed by atoms with Gasteiger partial charge in [0.05, 0.1) is 5.33 Å². The monoisotopic (exact) mass is 205 g/mol. The summed E-state index contributed by atoms with van der Waals surface area (Å²) in [4.78, 5) is 15.8. The first-order valence-corrected chi connectivity index (χ1v) is 3.60. The lowest BCUT2D eigenvalue weighted by molar-refractivity contribution is -0.389. The highest BCUT2D eigenvalue weighted by Crippen LogP contribution is 2.14. The van der Waals surface area contributed by atoms with Crippen molar-refractivity contribution in [1.29, 1.82) is 0 Å². The number of alkyl halides is 1. The first kappa shape index (κ1) is 7.20. The van der Waals surface area contributed by atoms with E-state index in [2.05, 4.69) is 25.9 Å². The van der Waals surface area contributed by atoms with Gasteiger partial charge in [0.15, 0.2) is 6.33 Å². The number of nitro groups is 1. The molecule has 1 rings (SSSR count). The van der Waals surface area contributed by atoms with E-state index in [1.165, 1.54) is 6.33 Å². The lowest BCUT2D eigenvalue weighted by atomic mass is 10.5. The van der Waals surface area contributed by atoms with Crippen molar-refractivity contribution in [2.75, 3.05) is 0 Å². The largest absolute Gasteiger partial charge is 0.358 e. The average Bonchev–Trinajstić information content (AvgIpc) is 2.33. The minimum absolute atomic E-state index is 0.0446. The number of halogens is 1. The Morgan fingerprint density at radius 2 is 2.60 bits per heavy atom. The third-order valence-corrected chi connectivity index (χ3v) is 1.54. The van der Waals surface area contributed by atoms with Gasteiger partial charge in [-0.1, -0.05) is 15.9 Å². The number of imidazole rings is 1. The Morgan fingerprint density at radius 3 is 3.00 bits per heavy atom. The number of hydrogen-bond donors (Lipinski definition) is 1. The number of nitrogens with zero attached hydrogens (tertiary/aromatic N) is 2. The van der Waals surface area contributed by atoms with Crippen LogP contribution in [0.25, 0.3) is 0 Å². The van der Waals surface area contributed by atoms with Gasteiger partial charge in [0.25, 0.3) is 0 Å². The zero-order valence-corrected chi connectivity index (χ0v) is 6.46. The summed E-state index contributed by atoms with van der Waals surface area (Å²) in [5.74, 6) is -0.0446. The maximum atomic E-state index is 10.2. The van der Waals surface area contributed by atoms with Crippen LogP contribution in [0, 0.1) is 10.1 Å². The zero-order chi connectivity index (χ0) is 7.56. The van der Waals surface area contributed by atoms with Crippen molar-refractivity contribution < 1.29 is 4.92 Å². The normalized spacial score (nSPS) is 9.70. The summed E-state index contributed by atoms with van der Waals surface area (Å²) >= 11 is 3.07. The summed E-state index contributed by atoms with van der Waals surface area (Å²) in [7, 11) is 0. The van der Waals surface area contributed by atoms with Crippen LogP contribution >= 0.6 is 15.9 Å². The van der Waals surface area contributed by atoms with Gasteiger partial charge < -0.3 is 10.1 Å². The molecule has 0 fully saturated rings. The Morgan fingerprint density at radius 1 is 1.90 bits per heavy atom. The van der Waals surface area contributed by atoms with E-state index in [4.69, 9.17) is 0 Å². The lowest BCUT2D eigenvalue weighted by Gasteiger charge is -1.89. The van der Waals surface area contributed by atoms with E-state index in [-0.39, 0.29) is 5.82 Å². The summed E-state index contributed by atoms with van der Waals surface area (Å²) in [6, 6.07) is 0. The first-order valence-electron chi connectivity index (χ1n) is 2.48. The van der Waals surface area contributed by atoms with Crippen LogP contribution in [0.4, 0.5) is 5.82 Å². The second-order valence-electron chi connectivity index (χ2n) is 1.59. The third-order valence-electron chi connectivity index (χ3n) is 1.00. The molecule has 0 amide bonds. The van der Waals surface area contributed by atoms with Crippen LogP contribution in [-0.2, 0) is 5.33 Å². The molecule has 0 atom stereocenters. The Hall–Kier alpha value is -0.910. The highest BCUT2D eigenvalue weighted by atomic mass is 79.9. The van der Waals surface area contributed by atoms with Crippen molar-refractivity contribution in [3.63, 3.8) is 0 Å². The first-order chi connectivity index (χ1) is 4.75. The van der Waals surface area contributed by atoms with Gasteiger partial charge in [-0.2, -0.15) is 0 Å². The van der Waals surface area contributed by atoms with E-state index in [0.717, 1.165) is 0 Å². The van der Waals surface area contributed by atoms with Crippen molar-refractivity contribution in [2.45, 2.75) is 5.33 Å². The Bertz CT molecular complexity index is 246. The van der Waals surface area contributed by atoms with E-state index in [0.29, 0.717) is 11.0 Å². The molecule has 6 heteroatoms. The molecule has 0 aromatic carbocycles. The van der Waals surface area contributed by atoms with Crippen LogP contribution in [0.5, 0.6) is 0 Å². The molecule has 0 aliphatic heterocycles. The molecule has 10 heavy (non-hydrogen) atoms. The highest BCUT2D eigenvalue weighted by Gasteiger charge is 2.12. The Labute approximate surface area is 64.7 Å². The second kappa shape index (κ2) is 2.78. The van der Waals surface area contributed by atoms with Crippen LogP contribution < -0.4 is 0 Å². The van der Waals surface area contributed by atoms with Crippen molar-refractivity contribution in [3.05, 3.63) is 22.1 Å². The fourth-order valence-corrected chi connectivity index (χ4v) is 0.982. The minimum Gasteiger partial charge on any atom is -0.358 e. The quantitative estimate of drug-likeness (QED) is 0.449. The maximum absolute atomic E-state index is 10.2. The van der Waals surface area contributed by atoms with Gasteiger partial charge in [0, 0.05) is 0 Å². The standard InChI is InChI=1S/C4H4BrN3O2/c5-1-3-4(8(9)10)7-2-6-3/h2H,1H2,(H,6,7). The molecule has 1 aromatic heterocycles. The molecule has 0 saturated heterocycles. The van der Waals surface area contributed by atoms with Crippen molar-refractivity contribution >= 4 is 21.7 Å². The van der Waals surface area contributed by atoms with Gasteiger partial charge in [-0.3, -0.25) is 0 Å². The Kier molecular flexibility index (Phi) is 2.00. The van der Waals surface area contributed by atoms with Gasteiger partial charge in [-0.15, -0.1) is 0 Å². The molecule has 0 bridgehead atoms. The molecule has 5 nitrogen and oxygen atoms in total. The van der Waals surface area contributed by atoms with Crippen molar-refractivity contribution in [3.8, 4) is 0 Å². The van der Waals surface area contributed by atoms with Crippen molar-refractivity contribution in [1.82, 2.24) is 9.97 Å². The molecule has 0 radical (unpaired) electrons. The molecule has 0 unspecified atom stereocenters. The zero-order valence-electron chi connectivity index (χ0n) is 4.87. The van der Waals surface area contributed by atoms with Crippen LogP contribution in [0.3, 0.4) is 0 Å². The molecule has 0 aliphatic rings. The second-order valence-corrected chi connectivity index (χ2v) is 2.15. The number of aromatic amines is 1. The fraction of sp³-hybridized carbons (Fsp3) is 0.250. The van der Waals surface area contributed by atoms with E-state index >= 15 is 0 Å². The van der Waals surface area contributed by atoms with Crippen LogP contribution in [-0.4, -0.2) is 14.9 Å². The Balaban J connectivity index is 3.01. The number of nitrogens with one attached hydrogen (secondary N) is 1. The predicted octanol–water partition coefficient (Wildman–Crippen LogP) is 1.21. The maximum Gasteiger partial charge on any atom is 0.344 e. The topological polar surface area (TPSA) is 71.8 Å². The number of hydrogen-bond acceptors (Lipinski definition) is 3. The summed E-state index contributed by atoms with van der Waals surface area (Å²) in [5.41, 5.74) is 0.421. The summed E-state index contributed by atoms with van der Waals surface area (Å²) in [6.07, 6.45) is 1.30. The smallest absolute Gasteiger partial charge is 0.344 e. The molecule has 1 N–H and O–H groups in total. The predicted molar refractivity (Wildman–Crippen MR) is 37.9 cm³/mol. The van der Waals surface area contributed by atoms with E-state index in [1.54, 1.807) is 0 Å². The van der Waals surface area contributed by atoms with E-state index in [1.807, 2.05) is 0 Å². The molecule has 54 valence electrons. The van der Waals surface area contributed by atoms with Crippen LogP contribution in [0.15, 0.2) is 6.33 Å². The van der Waals surface area contributed by atoms with E-state index in [9.17, 15) is 10.1 Å². The molecular formula is C4H4BrN3O2. The molecular weight excluding hydrogens is 202 g/mol. The number of H-pyrrole nitrogens is 1. The third kappa shape index (κ3) is 1.15. The minimum atomic E-state index is -0.496. The lowest BCUT2D eigenvalue weighted by Crippen LogP contribution is -1.91. The van der Waals surface area contributed by atoms with E-state index < -0.39 is 4.92 Å². The summed E-state index contributed by atoms with van der Waals surface area (Å²) in [6.45, 7) is 0. The van der Waals surface area contributed by atoms with Gasteiger partial charge in [-0.25, -0.2) is 9.97 Å². The van der Waals surface area contributed by atoms with Crippen LogP contribution in [0.2, 0.25) is 0 Å². The highest BCUT2D eigenvalue weighted by molar-refractivity contribution is 9.08. The molecule has 1 aromatic rings. The van der Waals surface area contributed by atoms with Gasteiger partial charge in [0.2, 0.25) is 0 Å². The SMILES string of the molecule is O=[N+]([O-])c1[nH]cnc1CBr. The van der Waals surface area contributed by atoms with Gasteiger partial charge in [-0.05, 0) is 4.92 Å². The molecule has 1 heterocycles. The molecule has 0 saturated carbocycles. The fourth-order valence-electron chi connectivity index (χ4n) is 0.572.